The van der Waals surface area contributed by atoms with Gasteiger partial charge in [0.25, 0.3) is 0 Å². The molecule has 2 saturated carbocycles. The van der Waals surface area contributed by atoms with Gasteiger partial charge in [0.2, 0.25) is 17.8 Å². The Morgan fingerprint density at radius 2 is 1.93 bits per heavy atom. The number of aryl methyl sites for hydroxylation is 1. The van der Waals surface area contributed by atoms with Gasteiger partial charge in [0.1, 0.15) is 16.9 Å². The van der Waals surface area contributed by atoms with Crippen molar-refractivity contribution in [3.8, 4) is 0 Å². The third kappa shape index (κ3) is 7.30. The quantitative estimate of drug-likeness (QED) is 0.158. The van der Waals surface area contributed by atoms with Crippen molar-refractivity contribution < 1.29 is 38.8 Å². The number of fused-ring (bicyclic) bond motifs is 2. The van der Waals surface area contributed by atoms with Gasteiger partial charge in [0, 0.05) is 50.0 Å². The number of aliphatic imine (C=N–C) groups is 2. The van der Waals surface area contributed by atoms with Crippen LogP contribution in [-0.4, -0.2) is 142 Å². The molecule has 4 aliphatic heterocycles. The van der Waals surface area contributed by atoms with Gasteiger partial charge in [-0.2, -0.15) is 0 Å². The zero-order valence-corrected chi connectivity index (χ0v) is 33.8. The fraction of sp³-hybridized carbons (Fsp3) is 0.634. The number of guanidine groups is 1. The first-order chi connectivity index (χ1) is 27.8. The van der Waals surface area contributed by atoms with E-state index in [1.54, 1.807) is 37.8 Å². The third-order valence-corrected chi connectivity index (χ3v) is 13.8. The number of nitrogens with one attached hydrogen (secondary N) is 3. The molecular weight excluding hydrogens is 747 g/mol. The number of amides is 2. The van der Waals surface area contributed by atoms with Gasteiger partial charge in [0.05, 0.1) is 63.1 Å². The molecule has 2 saturated heterocycles. The summed E-state index contributed by atoms with van der Waals surface area (Å²) in [6.07, 6.45) is 9.74. The molecule has 2 amide bonds. The Balaban J connectivity index is 1.15. The van der Waals surface area contributed by atoms with Crippen LogP contribution in [0, 0.1) is 22.7 Å². The third-order valence-electron chi connectivity index (χ3n) is 13.8. The zero-order valence-electron chi connectivity index (χ0n) is 33.8. The number of cyclic esters (lactones) is 1. The molecule has 7 unspecified atom stereocenters. The van der Waals surface area contributed by atoms with Crippen molar-refractivity contribution >= 4 is 47.2 Å². The molecule has 312 valence electrons. The molecule has 58 heavy (non-hydrogen) atoms. The molecule has 2 aromatic rings. The average Bonchev–Trinajstić information content (AvgIpc) is 3.45. The molecule has 5 N–H and O–H groups in total. The van der Waals surface area contributed by atoms with Gasteiger partial charge < -0.3 is 39.2 Å². The Hall–Kier alpha value is -4.39. The van der Waals surface area contributed by atoms with E-state index >= 15 is 0 Å². The van der Waals surface area contributed by atoms with E-state index in [9.17, 15) is 24.6 Å². The normalized spacial score (nSPS) is 34.1. The summed E-state index contributed by atoms with van der Waals surface area (Å²) < 4.78 is 19.8. The van der Waals surface area contributed by atoms with E-state index in [0.717, 1.165) is 5.65 Å². The van der Waals surface area contributed by atoms with E-state index in [4.69, 9.17) is 14.2 Å². The predicted molar refractivity (Wildman–Crippen MR) is 213 cm³/mol. The number of carbonyl (C=O) groups is 3. The summed E-state index contributed by atoms with van der Waals surface area (Å²) in [6.45, 7) is 10.3. The number of carbonyl (C=O) groups excluding carboxylic acids is 3. The van der Waals surface area contributed by atoms with Crippen molar-refractivity contribution in [2.45, 2.75) is 89.3 Å². The van der Waals surface area contributed by atoms with E-state index in [1.165, 1.54) is 0 Å². The number of aliphatic hydroxyl groups excluding tert-OH is 2. The SMILES string of the molecule is CC(NC(CC1C2(CO2)C(NC(C)C(=O)N2CCOCC2)CC2[C@]1(C)CC[C@@H](O)[C@@]2(C)CO)C1=C/C(=C\c2cnc3c(c2)ncn3C)OC1=O)C(=O)NC1=NCC=N1. The van der Waals surface area contributed by atoms with Crippen molar-refractivity contribution in [3.05, 3.63) is 41.6 Å². The fourth-order valence-electron chi connectivity index (χ4n) is 10.4. The lowest BCUT2D eigenvalue weighted by Gasteiger charge is -2.63. The number of esters is 1. The monoisotopic (exact) mass is 801 g/mol. The number of aromatic nitrogens is 3. The smallest absolute Gasteiger partial charge is 0.341 e. The summed E-state index contributed by atoms with van der Waals surface area (Å²) in [5, 5.41) is 32.4. The summed E-state index contributed by atoms with van der Waals surface area (Å²) in [5.41, 5.74) is 0.420. The molecule has 6 aliphatic rings. The Kier molecular flexibility index (Phi) is 10.9. The predicted octanol–water partition coefficient (Wildman–Crippen LogP) is 0.856. The van der Waals surface area contributed by atoms with Crippen molar-refractivity contribution in [3.63, 3.8) is 0 Å². The van der Waals surface area contributed by atoms with Crippen molar-refractivity contribution in [2.75, 3.05) is 46.1 Å². The molecule has 6 heterocycles. The number of rotatable bonds is 11. The van der Waals surface area contributed by atoms with Gasteiger partial charge >= 0.3 is 5.97 Å². The summed E-state index contributed by atoms with van der Waals surface area (Å²) >= 11 is 0. The van der Waals surface area contributed by atoms with Crippen LogP contribution in [0.3, 0.4) is 0 Å². The zero-order chi connectivity index (χ0) is 41.0. The van der Waals surface area contributed by atoms with E-state index in [1.807, 2.05) is 36.4 Å². The lowest BCUT2D eigenvalue weighted by atomic mass is 9.43. The van der Waals surface area contributed by atoms with Gasteiger partial charge in [-0.15, -0.1) is 0 Å². The highest BCUT2D eigenvalue weighted by molar-refractivity contribution is 6.04. The van der Waals surface area contributed by atoms with Crippen LogP contribution in [0.2, 0.25) is 0 Å². The number of allylic oxidation sites excluding steroid dienone is 1. The number of hydrogen-bond acceptors (Lipinski definition) is 14. The maximum absolute atomic E-state index is 14.0. The van der Waals surface area contributed by atoms with Crippen molar-refractivity contribution in [1.29, 1.82) is 0 Å². The van der Waals surface area contributed by atoms with Crippen LogP contribution >= 0.6 is 0 Å². The Labute approximate surface area is 337 Å². The number of imidazole rings is 1. The molecule has 0 bridgehead atoms. The van der Waals surface area contributed by atoms with Crippen LogP contribution < -0.4 is 16.0 Å². The Morgan fingerprint density at radius 3 is 2.64 bits per heavy atom. The van der Waals surface area contributed by atoms with E-state index in [0.29, 0.717) is 87.6 Å². The summed E-state index contributed by atoms with van der Waals surface area (Å²) in [6, 6.07) is -0.482. The lowest BCUT2D eigenvalue weighted by Crippen LogP contribution is -2.68. The van der Waals surface area contributed by atoms with Crippen LogP contribution in [0.15, 0.2) is 46.0 Å². The highest BCUT2D eigenvalue weighted by Gasteiger charge is 2.71. The number of aliphatic hydroxyl groups is 2. The number of nitrogens with zero attached hydrogens (tertiary/aromatic N) is 6. The standard InChI is InChI=1S/C41H55N9O8/c1-23(35(53)48-38-42-8-9-43-38)46-28(27-16-26(58-37(27)55)14-25-15-29-34(44-19-25)49(5)22-45-29)17-31-39(3)7-6-33(52)40(4,20-51)30(39)18-32(41(31)21-57-41)47-24(2)36(54)50-10-12-56-13-11-50/h8,14-16,19,22-24,28,30-33,46-47,51-52H,6-7,9-13,17-18,20-21H2,1-5H3,(H,43,48,53)/b26-14+/t23?,24?,28?,30?,31?,32?,33-,39+,40+,41?/m1/s1. The number of epoxide rings is 1. The molecule has 17 heteroatoms. The first kappa shape index (κ1) is 40.4. The summed E-state index contributed by atoms with van der Waals surface area (Å²) in [5.74, 6) is -0.832. The molecule has 2 aromatic heterocycles. The maximum Gasteiger partial charge on any atom is 0.341 e. The van der Waals surface area contributed by atoms with Gasteiger partial charge in [-0.25, -0.2) is 24.7 Å². The molecule has 2 aliphatic carbocycles. The van der Waals surface area contributed by atoms with Crippen LogP contribution in [-0.2, 0) is 35.6 Å². The number of morpholine rings is 1. The molecule has 17 nitrogen and oxygen atoms in total. The van der Waals surface area contributed by atoms with Crippen LogP contribution in [0.25, 0.3) is 17.2 Å². The fourth-order valence-corrected chi connectivity index (χ4v) is 10.4. The van der Waals surface area contributed by atoms with Crippen LogP contribution in [0.1, 0.15) is 58.9 Å². The van der Waals surface area contributed by atoms with Gasteiger partial charge in [-0.1, -0.05) is 13.8 Å². The molecule has 4 fully saturated rings. The number of ether oxygens (including phenoxy) is 3. The highest BCUT2D eigenvalue weighted by Crippen LogP contribution is 2.66. The second kappa shape index (κ2) is 15.7. The second-order valence-corrected chi connectivity index (χ2v) is 17.3. The van der Waals surface area contributed by atoms with Crippen molar-refractivity contribution in [2.24, 2.45) is 39.7 Å². The largest absolute Gasteiger partial charge is 0.423 e. The van der Waals surface area contributed by atoms with Gasteiger partial charge in [0.15, 0.2) is 5.65 Å². The minimum absolute atomic E-state index is 0.0243. The average molecular weight is 802 g/mol. The lowest BCUT2D eigenvalue weighted by molar-refractivity contribution is -0.185. The van der Waals surface area contributed by atoms with Crippen LogP contribution in [0.5, 0.6) is 0 Å². The van der Waals surface area contributed by atoms with E-state index in [-0.39, 0.29) is 42.3 Å². The topological polar surface area (TPSA) is 217 Å². The van der Waals surface area contributed by atoms with Crippen LogP contribution in [0.4, 0.5) is 0 Å². The molecule has 8 rings (SSSR count). The first-order valence-corrected chi connectivity index (χ1v) is 20.4. The molecule has 10 atom stereocenters. The van der Waals surface area contributed by atoms with Crippen molar-refractivity contribution in [1.82, 2.24) is 35.4 Å². The van der Waals surface area contributed by atoms with E-state index < -0.39 is 46.6 Å². The molecular formula is C41H55N9O8. The summed E-state index contributed by atoms with van der Waals surface area (Å²) in [4.78, 5) is 60.4. The maximum atomic E-state index is 14.0. The molecule has 0 radical (unpaired) electrons. The number of hydrogen-bond donors (Lipinski definition) is 5. The second-order valence-electron chi connectivity index (χ2n) is 17.3. The number of pyridine rings is 1. The molecule has 0 aromatic carbocycles. The Morgan fingerprint density at radius 1 is 1.16 bits per heavy atom. The Bertz CT molecular complexity index is 2070. The van der Waals surface area contributed by atoms with E-state index in [2.05, 4.69) is 42.8 Å². The molecule has 1 spiro atoms. The van der Waals surface area contributed by atoms with Gasteiger partial charge in [-0.3, -0.25) is 20.2 Å². The van der Waals surface area contributed by atoms with Gasteiger partial charge in [-0.05, 0) is 80.6 Å². The minimum atomic E-state index is -0.845. The first-order valence-electron chi connectivity index (χ1n) is 20.4. The summed E-state index contributed by atoms with van der Waals surface area (Å²) in [7, 11) is 1.87. The highest BCUT2D eigenvalue weighted by atomic mass is 16.6. The minimum Gasteiger partial charge on any atom is -0.423 e.